The average molecular weight is 252 g/mol. The molecule has 1 aromatic carbocycles. The summed E-state index contributed by atoms with van der Waals surface area (Å²) >= 11 is 0. The Morgan fingerprint density at radius 2 is 2.22 bits per heavy atom. The van der Waals surface area contributed by atoms with E-state index in [-0.39, 0.29) is 24.2 Å². The summed E-state index contributed by atoms with van der Waals surface area (Å²) in [5, 5.41) is 0. The summed E-state index contributed by atoms with van der Waals surface area (Å²) in [5.74, 6) is -0.651. The molecule has 1 heterocycles. The third-order valence-electron chi connectivity index (χ3n) is 3.52. The first kappa shape index (κ1) is 13.0. The minimum absolute atomic E-state index is 0.224. The van der Waals surface area contributed by atoms with Crippen LogP contribution in [-0.2, 0) is 9.53 Å². The Bertz CT molecular complexity index is 466. The predicted molar refractivity (Wildman–Crippen MR) is 66.7 cm³/mol. The van der Waals surface area contributed by atoms with Crippen LogP contribution in [0.25, 0.3) is 0 Å². The van der Waals surface area contributed by atoms with E-state index < -0.39 is 11.2 Å². The van der Waals surface area contributed by atoms with Crippen molar-refractivity contribution in [1.82, 2.24) is 0 Å². The smallest absolute Gasteiger partial charge is 0.236 e. The Kier molecular flexibility index (Phi) is 3.36. The Labute approximate surface area is 106 Å². The second kappa shape index (κ2) is 4.66. The molecule has 5 heteroatoms. The molecule has 0 aromatic heterocycles. The highest BCUT2D eigenvalue weighted by molar-refractivity contribution is 5.97. The number of carbonyl (C=O) groups is 1. The van der Waals surface area contributed by atoms with Crippen LogP contribution in [-0.4, -0.2) is 32.2 Å². The van der Waals surface area contributed by atoms with Crippen molar-refractivity contribution in [2.75, 3.05) is 25.2 Å². The Morgan fingerprint density at radius 3 is 2.78 bits per heavy atom. The number of anilines is 1. The van der Waals surface area contributed by atoms with E-state index in [4.69, 9.17) is 10.5 Å². The normalized spacial score (nSPS) is 27.2. The number of rotatable bonds is 2. The van der Waals surface area contributed by atoms with E-state index in [1.165, 1.54) is 11.0 Å². The van der Waals surface area contributed by atoms with Gasteiger partial charge < -0.3 is 15.4 Å². The number of hydrogen-bond donors (Lipinski definition) is 1. The minimum atomic E-state index is -0.795. The van der Waals surface area contributed by atoms with Gasteiger partial charge >= 0.3 is 0 Å². The molecule has 1 aliphatic rings. The van der Waals surface area contributed by atoms with Gasteiger partial charge in [0.15, 0.2) is 0 Å². The minimum Gasteiger partial charge on any atom is -0.379 e. The first-order chi connectivity index (χ1) is 8.47. The Morgan fingerprint density at radius 1 is 1.56 bits per heavy atom. The van der Waals surface area contributed by atoms with Crippen LogP contribution in [0.1, 0.15) is 6.92 Å². The molecular weight excluding hydrogens is 235 g/mol. The van der Waals surface area contributed by atoms with E-state index in [0.717, 1.165) is 0 Å². The van der Waals surface area contributed by atoms with Crippen molar-refractivity contribution < 1.29 is 13.9 Å². The summed E-state index contributed by atoms with van der Waals surface area (Å²) < 4.78 is 18.9. The average Bonchev–Trinajstić information content (AvgIpc) is 2.70. The zero-order valence-electron chi connectivity index (χ0n) is 10.5. The van der Waals surface area contributed by atoms with Crippen molar-refractivity contribution in [3.8, 4) is 0 Å². The third kappa shape index (κ3) is 2.00. The van der Waals surface area contributed by atoms with Crippen molar-refractivity contribution in [2.45, 2.75) is 13.0 Å². The molecule has 1 aliphatic heterocycles. The third-order valence-corrected chi connectivity index (χ3v) is 3.52. The Hall–Kier alpha value is -1.46. The number of benzene rings is 1. The van der Waals surface area contributed by atoms with Crippen LogP contribution >= 0.6 is 0 Å². The number of nitrogens with zero attached hydrogens (tertiary/aromatic N) is 1. The summed E-state index contributed by atoms with van der Waals surface area (Å²) in [6.07, 6.45) is 0. The molecule has 98 valence electrons. The lowest BCUT2D eigenvalue weighted by atomic mass is 9.84. The summed E-state index contributed by atoms with van der Waals surface area (Å²) in [5.41, 5.74) is 5.36. The van der Waals surface area contributed by atoms with Crippen LogP contribution in [0.5, 0.6) is 0 Å². The molecular formula is C13H17FN2O2. The van der Waals surface area contributed by atoms with Gasteiger partial charge in [0, 0.05) is 13.1 Å². The zero-order chi connectivity index (χ0) is 13.3. The van der Waals surface area contributed by atoms with E-state index in [1.54, 1.807) is 32.2 Å². The molecule has 0 aliphatic carbocycles. The number of para-hydroxylation sites is 1. The van der Waals surface area contributed by atoms with Crippen LogP contribution in [0, 0.1) is 11.2 Å². The van der Waals surface area contributed by atoms with Gasteiger partial charge in [0.2, 0.25) is 5.91 Å². The lowest BCUT2D eigenvalue weighted by Gasteiger charge is -2.30. The fourth-order valence-electron chi connectivity index (χ4n) is 2.13. The molecule has 1 fully saturated rings. The largest absolute Gasteiger partial charge is 0.379 e. The first-order valence-electron chi connectivity index (χ1n) is 5.83. The number of ether oxygens (including phenoxy) is 1. The van der Waals surface area contributed by atoms with Gasteiger partial charge in [-0.15, -0.1) is 0 Å². The summed E-state index contributed by atoms with van der Waals surface area (Å²) in [4.78, 5) is 13.7. The van der Waals surface area contributed by atoms with E-state index in [0.29, 0.717) is 6.61 Å². The van der Waals surface area contributed by atoms with Gasteiger partial charge in [-0.05, 0) is 19.1 Å². The molecule has 2 unspecified atom stereocenters. The summed E-state index contributed by atoms with van der Waals surface area (Å²) in [6.45, 7) is 2.38. The van der Waals surface area contributed by atoms with Crippen LogP contribution in [0.2, 0.25) is 0 Å². The molecule has 1 saturated heterocycles. The van der Waals surface area contributed by atoms with E-state index in [9.17, 15) is 9.18 Å². The highest BCUT2D eigenvalue weighted by Gasteiger charge is 2.46. The lowest BCUT2D eigenvalue weighted by molar-refractivity contribution is -0.127. The highest BCUT2D eigenvalue weighted by Crippen LogP contribution is 2.31. The van der Waals surface area contributed by atoms with Crippen molar-refractivity contribution in [1.29, 1.82) is 0 Å². The molecule has 1 amide bonds. The van der Waals surface area contributed by atoms with Crippen LogP contribution in [0.4, 0.5) is 10.1 Å². The van der Waals surface area contributed by atoms with Crippen LogP contribution in [0.3, 0.4) is 0 Å². The number of nitrogens with two attached hydrogens (primary N) is 1. The molecule has 4 nitrogen and oxygen atoms in total. The van der Waals surface area contributed by atoms with E-state index in [1.807, 2.05) is 0 Å². The van der Waals surface area contributed by atoms with Gasteiger partial charge in [-0.3, -0.25) is 4.79 Å². The van der Waals surface area contributed by atoms with Gasteiger partial charge in [-0.2, -0.15) is 0 Å². The molecule has 2 atom stereocenters. The maximum absolute atomic E-state index is 13.7. The monoisotopic (exact) mass is 252 g/mol. The summed E-state index contributed by atoms with van der Waals surface area (Å²) in [7, 11) is 1.55. The number of amides is 1. The fourth-order valence-corrected chi connectivity index (χ4v) is 2.13. The van der Waals surface area contributed by atoms with Gasteiger partial charge in [-0.25, -0.2) is 4.39 Å². The van der Waals surface area contributed by atoms with Crippen molar-refractivity contribution in [3.63, 3.8) is 0 Å². The van der Waals surface area contributed by atoms with Gasteiger partial charge in [0.1, 0.15) is 5.82 Å². The molecule has 0 spiro atoms. The van der Waals surface area contributed by atoms with Gasteiger partial charge in [0.25, 0.3) is 0 Å². The summed E-state index contributed by atoms with van der Waals surface area (Å²) in [6, 6.07) is 5.81. The molecule has 2 rings (SSSR count). The standard InChI is InChI=1S/C13H17FN2O2/c1-13(8-18-7-11(13)15)12(17)16(2)10-6-4-3-5-9(10)14/h3-6,11H,7-8,15H2,1-2H3. The second-order valence-corrected chi connectivity index (χ2v) is 4.85. The first-order valence-corrected chi connectivity index (χ1v) is 5.83. The number of hydrogen-bond acceptors (Lipinski definition) is 3. The topological polar surface area (TPSA) is 55.6 Å². The molecule has 1 aromatic rings. The SMILES string of the molecule is CN(C(=O)C1(C)COCC1N)c1ccccc1F. The van der Waals surface area contributed by atoms with E-state index >= 15 is 0 Å². The van der Waals surface area contributed by atoms with Crippen molar-refractivity contribution in [2.24, 2.45) is 11.1 Å². The molecule has 0 radical (unpaired) electrons. The van der Waals surface area contributed by atoms with Gasteiger partial charge in [0.05, 0.1) is 24.3 Å². The van der Waals surface area contributed by atoms with Gasteiger partial charge in [-0.1, -0.05) is 12.1 Å². The van der Waals surface area contributed by atoms with Crippen LogP contribution < -0.4 is 10.6 Å². The van der Waals surface area contributed by atoms with Crippen LogP contribution in [0.15, 0.2) is 24.3 Å². The molecule has 0 saturated carbocycles. The zero-order valence-corrected chi connectivity index (χ0v) is 10.5. The lowest BCUT2D eigenvalue weighted by Crippen LogP contribution is -2.50. The fraction of sp³-hybridized carbons (Fsp3) is 0.462. The Balaban J connectivity index is 2.27. The highest BCUT2D eigenvalue weighted by atomic mass is 19.1. The maximum Gasteiger partial charge on any atom is 0.236 e. The molecule has 2 N–H and O–H groups in total. The molecule has 18 heavy (non-hydrogen) atoms. The van der Waals surface area contributed by atoms with Crippen molar-refractivity contribution >= 4 is 11.6 Å². The number of halogens is 1. The molecule has 0 bridgehead atoms. The maximum atomic E-state index is 13.7. The van der Waals surface area contributed by atoms with Crippen molar-refractivity contribution in [3.05, 3.63) is 30.1 Å². The van der Waals surface area contributed by atoms with E-state index in [2.05, 4.69) is 0 Å². The predicted octanol–water partition coefficient (Wildman–Crippen LogP) is 1.15. The number of carbonyl (C=O) groups excluding carboxylic acids is 1. The second-order valence-electron chi connectivity index (χ2n) is 4.85. The quantitative estimate of drug-likeness (QED) is 0.859.